The molecule has 0 bridgehead atoms. The number of rotatable bonds is 3. The molecule has 1 fully saturated rings. The fourth-order valence-corrected chi connectivity index (χ4v) is 1.18. The maximum absolute atomic E-state index is 10.5. The summed E-state index contributed by atoms with van der Waals surface area (Å²) in [5, 5.41) is 3.70. The normalized spacial score (nSPS) is 17.2. The molecule has 63 valence electrons. The Morgan fingerprint density at radius 3 is 2.82 bits per heavy atom. The Morgan fingerprint density at radius 2 is 2.36 bits per heavy atom. The van der Waals surface area contributed by atoms with Crippen molar-refractivity contribution in [2.45, 2.75) is 25.7 Å². The topological polar surface area (TPSA) is 40.4 Å². The molecule has 0 aromatic heterocycles. The number of hydrogen-bond donors (Lipinski definition) is 0. The van der Waals surface area contributed by atoms with E-state index in [-0.39, 0.29) is 0 Å². The number of amides is 1. The summed E-state index contributed by atoms with van der Waals surface area (Å²) in [7, 11) is 1.36. The molecule has 1 amide bonds. The van der Waals surface area contributed by atoms with Crippen molar-refractivity contribution in [1.82, 2.24) is 5.32 Å². The van der Waals surface area contributed by atoms with Crippen molar-refractivity contribution in [3.8, 4) is 0 Å². The van der Waals surface area contributed by atoms with Crippen molar-refractivity contribution < 1.29 is 9.53 Å². The Labute approximate surface area is 67.1 Å². The first kappa shape index (κ1) is 8.37. The fraction of sp³-hybridized carbons (Fsp3) is 0.875. The molecule has 0 aromatic rings. The van der Waals surface area contributed by atoms with Crippen LogP contribution in [0.2, 0.25) is 0 Å². The van der Waals surface area contributed by atoms with Gasteiger partial charge in [0.15, 0.2) is 0 Å². The van der Waals surface area contributed by atoms with Gasteiger partial charge in [0.05, 0.1) is 7.11 Å². The van der Waals surface area contributed by atoms with Crippen molar-refractivity contribution >= 4 is 6.09 Å². The summed E-state index contributed by atoms with van der Waals surface area (Å²) in [6, 6.07) is 0. The highest BCUT2D eigenvalue weighted by Gasteiger charge is 2.17. The van der Waals surface area contributed by atoms with E-state index in [1.807, 2.05) is 0 Å². The molecular weight excluding hydrogens is 142 g/mol. The number of carbonyl (C=O) groups is 1. The molecule has 0 aromatic carbocycles. The molecule has 1 radical (unpaired) electrons. The smallest absolute Gasteiger partial charge is 0.428 e. The number of ether oxygens (including phenoxy) is 1. The van der Waals surface area contributed by atoms with Crippen LogP contribution in [0.1, 0.15) is 25.7 Å². The quantitative estimate of drug-likeness (QED) is 0.622. The zero-order chi connectivity index (χ0) is 8.10. The zero-order valence-corrected chi connectivity index (χ0v) is 6.88. The minimum atomic E-state index is -0.440. The molecule has 0 heterocycles. The lowest BCUT2D eigenvalue weighted by molar-refractivity contribution is 0.168. The maximum Gasteiger partial charge on any atom is 0.428 e. The van der Waals surface area contributed by atoms with Gasteiger partial charge in [-0.1, -0.05) is 19.3 Å². The number of methoxy groups -OCH3 is 1. The number of nitrogens with zero attached hydrogens (tertiary/aromatic N) is 1. The zero-order valence-electron chi connectivity index (χ0n) is 6.88. The van der Waals surface area contributed by atoms with E-state index in [1.54, 1.807) is 0 Å². The largest absolute Gasteiger partial charge is 0.452 e. The Kier molecular flexibility index (Phi) is 3.20. The van der Waals surface area contributed by atoms with Crippen molar-refractivity contribution in [2.75, 3.05) is 13.7 Å². The van der Waals surface area contributed by atoms with Crippen molar-refractivity contribution in [2.24, 2.45) is 5.92 Å². The third-order valence-electron chi connectivity index (χ3n) is 2.18. The van der Waals surface area contributed by atoms with Gasteiger partial charge in [-0.05, 0) is 12.3 Å². The molecule has 0 saturated heterocycles. The van der Waals surface area contributed by atoms with Crippen LogP contribution in [-0.4, -0.2) is 19.7 Å². The van der Waals surface area contributed by atoms with Crippen LogP contribution >= 0.6 is 0 Å². The SMILES string of the molecule is COC(=O)[N]CCC1CCC1. The van der Waals surface area contributed by atoms with E-state index >= 15 is 0 Å². The fourth-order valence-electron chi connectivity index (χ4n) is 1.18. The minimum Gasteiger partial charge on any atom is -0.452 e. The molecule has 1 rings (SSSR count). The molecule has 0 spiro atoms. The van der Waals surface area contributed by atoms with Gasteiger partial charge in [-0.3, -0.25) is 0 Å². The molecule has 3 nitrogen and oxygen atoms in total. The molecule has 11 heavy (non-hydrogen) atoms. The summed E-state index contributed by atoms with van der Waals surface area (Å²) in [4.78, 5) is 10.5. The second-order valence-corrected chi connectivity index (χ2v) is 2.94. The highest BCUT2D eigenvalue weighted by Crippen LogP contribution is 2.28. The molecule has 0 N–H and O–H groups in total. The predicted molar refractivity (Wildman–Crippen MR) is 41.4 cm³/mol. The highest BCUT2D eigenvalue weighted by molar-refractivity contribution is 5.66. The van der Waals surface area contributed by atoms with E-state index in [0.717, 1.165) is 12.3 Å². The lowest BCUT2D eigenvalue weighted by Gasteiger charge is -2.24. The first-order chi connectivity index (χ1) is 5.33. The number of carbonyl (C=O) groups excluding carboxylic acids is 1. The summed E-state index contributed by atoms with van der Waals surface area (Å²) in [6.45, 7) is 0.636. The predicted octanol–water partition coefficient (Wildman–Crippen LogP) is 1.55. The van der Waals surface area contributed by atoms with Crippen LogP contribution in [0.5, 0.6) is 0 Å². The summed E-state index contributed by atoms with van der Waals surface area (Å²) < 4.78 is 4.38. The minimum absolute atomic E-state index is 0.440. The summed E-state index contributed by atoms with van der Waals surface area (Å²) in [6.07, 6.45) is 4.59. The van der Waals surface area contributed by atoms with Crippen LogP contribution in [0.15, 0.2) is 0 Å². The van der Waals surface area contributed by atoms with E-state index in [1.165, 1.54) is 26.4 Å². The van der Waals surface area contributed by atoms with Crippen molar-refractivity contribution in [1.29, 1.82) is 0 Å². The Bertz CT molecular complexity index is 132. The standard InChI is InChI=1S/C8H14NO2/c1-11-8(10)9-6-5-7-3-2-4-7/h7H,2-6H2,1H3. The van der Waals surface area contributed by atoms with Gasteiger partial charge in [-0.2, -0.15) is 0 Å². The highest BCUT2D eigenvalue weighted by atomic mass is 16.5. The van der Waals surface area contributed by atoms with Crippen molar-refractivity contribution in [3.63, 3.8) is 0 Å². The lowest BCUT2D eigenvalue weighted by atomic mass is 9.83. The van der Waals surface area contributed by atoms with Gasteiger partial charge in [-0.25, -0.2) is 10.1 Å². The van der Waals surface area contributed by atoms with Crippen LogP contribution < -0.4 is 5.32 Å². The van der Waals surface area contributed by atoms with Gasteiger partial charge in [0.25, 0.3) is 0 Å². The van der Waals surface area contributed by atoms with Gasteiger partial charge in [0.2, 0.25) is 0 Å². The van der Waals surface area contributed by atoms with Gasteiger partial charge in [0.1, 0.15) is 0 Å². The Hall–Kier alpha value is -0.730. The van der Waals surface area contributed by atoms with Crippen molar-refractivity contribution in [3.05, 3.63) is 0 Å². The lowest BCUT2D eigenvalue weighted by Crippen LogP contribution is -2.21. The molecule has 1 aliphatic carbocycles. The van der Waals surface area contributed by atoms with Crippen LogP contribution in [0.25, 0.3) is 0 Å². The van der Waals surface area contributed by atoms with Crippen LogP contribution in [0.3, 0.4) is 0 Å². The van der Waals surface area contributed by atoms with Gasteiger partial charge in [-0.15, -0.1) is 0 Å². The van der Waals surface area contributed by atoms with E-state index in [4.69, 9.17) is 0 Å². The van der Waals surface area contributed by atoms with Gasteiger partial charge < -0.3 is 4.74 Å². The average molecular weight is 156 g/mol. The summed E-state index contributed by atoms with van der Waals surface area (Å²) in [5.74, 6) is 0.823. The molecule has 1 saturated carbocycles. The van der Waals surface area contributed by atoms with E-state index in [0.29, 0.717) is 6.54 Å². The number of hydrogen-bond acceptors (Lipinski definition) is 2. The van der Waals surface area contributed by atoms with Crippen LogP contribution in [-0.2, 0) is 4.74 Å². The second-order valence-electron chi connectivity index (χ2n) is 2.94. The molecule has 3 heteroatoms. The third-order valence-corrected chi connectivity index (χ3v) is 2.18. The molecular formula is C8H14NO2. The first-order valence-corrected chi connectivity index (χ1v) is 4.08. The first-order valence-electron chi connectivity index (χ1n) is 4.08. The van der Waals surface area contributed by atoms with E-state index in [2.05, 4.69) is 10.1 Å². The van der Waals surface area contributed by atoms with Gasteiger partial charge >= 0.3 is 6.09 Å². The van der Waals surface area contributed by atoms with E-state index in [9.17, 15) is 4.79 Å². The maximum atomic E-state index is 10.5. The van der Waals surface area contributed by atoms with E-state index < -0.39 is 6.09 Å². The van der Waals surface area contributed by atoms with Crippen LogP contribution in [0, 0.1) is 5.92 Å². The van der Waals surface area contributed by atoms with Gasteiger partial charge in [0, 0.05) is 6.54 Å². The average Bonchev–Trinajstić information content (AvgIpc) is 1.94. The third kappa shape index (κ3) is 2.78. The Balaban J connectivity index is 1.90. The molecule has 0 aliphatic heterocycles. The molecule has 0 atom stereocenters. The second kappa shape index (κ2) is 4.21. The Morgan fingerprint density at radius 1 is 1.64 bits per heavy atom. The summed E-state index contributed by atoms with van der Waals surface area (Å²) >= 11 is 0. The van der Waals surface area contributed by atoms with Crippen LogP contribution in [0.4, 0.5) is 4.79 Å². The molecule has 1 aliphatic rings. The molecule has 0 unspecified atom stereocenters. The summed E-state index contributed by atoms with van der Waals surface area (Å²) in [5.41, 5.74) is 0. The monoisotopic (exact) mass is 156 g/mol.